The largest absolute Gasteiger partial charge is 0.466 e. The fourth-order valence-electron chi connectivity index (χ4n) is 1.87. The summed E-state index contributed by atoms with van der Waals surface area (Å²) in [6.07, 6.45) is -0.0201. The second kappa shape index (κ2) is 6.24. The Kier molecular flexibility index (Phi) is 6.01. The first-order valence-electron chi connectivity index (χ1n) is 6.03. The number of aliphatic hydroxyl groups excluding tert-OH is 1. The Hall–Kier alpha value is -0.570. The highest BCUT2D eigenvalue weighted by Gasteiger charge is 2.33. The van der Waals surface area contributed by atoms with Gasteiger partial charge >= 0.3 is 5.97 Å². The molecule has 96 valence electrons. The van der Waals surface area contributed by atoms with Crippen LogP contribution in [0.25, 0.3) is 0 Å². The highest BCUT2D eigenvalue weighted by atomic mass is 16.5. The van der Waals surface area contributed by atoms with Gasteiger partial charge in [0.05, 0.1) is 18.6 Å². The van der Waals surface area contributed by atoms with Crippen LogP contribution in [-0.2, 0) is 9.53 Å². The van der Waals surface area contributed by atoms with Crippen LogP contribution in [0.5, 0.6) is 0 Å². The molecule has 0 aromatic heterocycles. The Morgan fingerprint density at radius 2 is 1.81 bits per heavy atom. The number of carbonyl (C=O) groups is 1. The molecule has 16 heavy (non-hydrogen) atoms. The summed E-state index contributed by atoms with van der Waals surface area (Å²) in [6, 6.07) is 0. The second-order valence-corrected chi connectivity index (χ2v) is 5.85. The van der Waals surface area contributed by atoms with E-state index in [4.69, 9.17) is 4.74 Å². The number of hydrogen-bond acceptors (Lipinski definition) is 3. The fourth-order valence-corrected chi connectivity index (χ4v) is 1.87. The fraction of sp³-hybridized carbons (Fsp3) is 0.923. The zero-order valence-corrected chi connectivity index (χ0v) is 11.4. The van der Waals surface area contributed by atoms with Crippen LogP contribution in [0.3, 0.4) is 0 Å². The lowest BCUT2D eigenvalue weighted by Gasteiger charge is -2.29. The summed E-state index contributed by atoms with van der Waals surface area (Å²) in [5, 5.41) is 10.1. The van der Waals surface area contributed by atoms with Gasteiger partial charge in [-0.15, -0.1) is 0 Å². The van der Waals surface area contributed by atoms with E-state index in [9.17, 15) is 9.90 Å². The van der Waals surface area contributed by atoms with Crippen molar-refractivity contribution < 1.29 is 14.6 Å². The van der Waals surface area contributed by atoms with Crippen molar-refractivity contribution in [2.75, 3.05) is 6.61 Å². The monoisotopic (exact) mass is 230 g/mol. The predicted octanol–water partition coefficient (Wildman–Crippen LogP) is 2.62. The highest BCUT2D eigenvalue weighted by molar-refractivity contribution is 5.73. The molecule has 0 radical (unpaired) electrons. The summed E-state index contributed by atoms with van der Waals surface area (Å²) in [5.74, 6) is -0.607. The number of rotatable bonds is 5. The minimum atomic E-state index is -0.626. The van der Waals surface area contributed by atoms with E-state index < -0.39 is 12.0 Å². The van der Waals surface area contributed by atoms with E-state index in [1.807, 2.05) is 13.8 Å². The molecule has 0 aliphatic heterocycles. The molecule has 0 fully saturated rings. The highest BCUT2D eigenvalue weighted by Crippen LogP contribution is 2.28. The first kappa shape index (κ1) is 15.4. The molecule has 0 spiro atoms. The maximum Gasteiger partial charge on any atom is 0.311 e. The SMILES string of the molecule is CCOC(=O)C(C(C)C)C(O)CC(C)(C)C. The first-order chi connectivity index (χ1) is 7.19. The van der Waals surface area contributed by atoms with E-state index in [2.05, 4.69) is 20.8 Å². The van der Waals surface area contributed by atoms with E-state index >= 15 is 0 Å². The van der Waals surface area contributed by atoms with Crippen molar-refractivity contribution in [1.29, 1.82) is 0 Å². The molecular weight excluding hydrogens is 204 g/mol. The minimum absolute atomic E-state index is 0.0129. The Labute approximate surface area is 99.2 Å². The molecule has 0 heterocycles. The first-order valence-corrected chi connectivity index (χ1v) is 6.03. The molecule has 1 N–H and O–H groups in total. The molecule has 0 saturated carbocycles. The Bertz CT molecular complexity index is 216. The quantitative estimate of drug-likeness (QED) is 0.738. The molecule has 0 saturated heterocycles. The van der Waals surface area contributed by atoms with Crippen LogP contribution in [0.1, 0.15) is 48.0 Å². The molecule has 2 unspecified atom stereocenters. The van der Waals surface area contributed by atoms with Crippen LogP contribution in [0.2, 0.25) is 0 Å². The summed E-state index contributed by atoms with van der Waals surface area (Å²) >= 11 is 0. The lowest BCUT2D eigenvalue weighted by atomic mass is 9.80. The smallest absolute Gasteiger partial charge is 0.311 e. The third-order valence-corrected chi connectivity index (χ3v) is 2.51. The number of carbonyl (C=O) groups excluding carboxylic acids is 1. The van der Waals surface area contributed by atoms with Crippen LogP contribution in [0.15, 0.2) is 0 Å². The van der Waals surface area contributed by atoms with Crippen LogP contribution >= 0.6 is 0 Å². The van der Waals surface area contributed by atoms with Crippen molar-refractivity contribution >= 4 is 5.97 Å². The summed E-state index contributed by atoms with van der Waals surface area (Å²) in [6.45, 7) is 12.2. The zero-order chi connectivity index (χ0) is 12.9. The van der Waals surface area contributed by atoms with Crippen molar-refractivity contribution in [2.45, 2.75) is 54.1 Å². The van der Waals surface area contributed by atoms with Crippen LogP contribution in [0.4, 0.5) is 0 Å². The Balaban J connectivity index is 4.59. The number of aliphatic hydroxyl groups is 1. The molecule has 0 rings (SSSR count). The summed E-state index contributed by atoms with van der Waals surface area (Å²) in [7, 11) is 0. The Morgan fingerprint density at radius 3 is 2.12 bits per heavy atom. The van der Waals surface area contributed by atoms with Crippen molar-refractivity contribution in [3.8, 4) is 0 Å². The molecule has 3 heteroatoms. The lowest BCUT2D eigenvalue weighted by molar-refractivity contribution is -0.155. The Morgan fingerprint density at radius 1 is 1.31 bits per heavy atom. The maximum absolute atomic E-state index is 11.7. The van der Waals surface area contributed by atoms with Crippen LogP contribution in [0, 0.1) is 17.3 Å². The molecule has 0 aliphatic carbocycles. The molecule has 3 nitrogen and oxygen atoms in total. The molecule has 0 aromatic rings. The summed E-state index contributed by atoms with van der Waals surface area (Å²) in [4.78, 5) is 11.7. The van der Waals surface area contributed by atoms with Gasteiger partial charge < -0.3 is 9.84 Å². The van der Waals surface area contributed by atoms with Gasteiger partial charge in [0, 0.05) is 0 Å². The van der Waals surface area contributed by atoms with Crippen molar-refractivity contribution in [3.05, 3.63) is 0 Å². The summed E-state index contributed by atoms with van der Waals surface area (Å²) < 4.78 is 5.00. The molecule has 0 aromatic carbocycles. The molecule has 0 aliphatic rings. The van der Waals surface area contributed by atoms with Gasteiger partial charge in [-0.1, -0.05) is 34.6 Å². The van der Waals surface area contributed by atoms with Crippen LogP contribution < -0.4 is 0 Å². The molecular formula is C13H26O3. The van der Waals surface area contributed by atoms with E-state index in [-0.39, 0.29) is 17.3 Å². The molecule has 0 bridgehead atoms. The molecule has 2 atom stereocenters. The van der Waals surface area contributed by atoms with Gasteiger partial charge in [-0.3, -0.25) is 4.79 Å². The maximum atomic E-state index is 11.7. The second-order valence-electron chi connectivity index (χ2n) is 5.85. The lowest BCUT2D eigenvalue weighted by Crippen LogP contribution is -2.36. The minimum Gasteiger partial charge on any atom is -0.466 e. The standard InChI is InChI=1S/C13H26O3/c1-7-16-12(15)11(9(2)3)10(14)8-13(4,5)6/h9-11,14H,7-8H2,1-6H3. The molecule has 0 amide bonds. The van der Waals surface area contributed by atoms with Gasteiger partial charge in [-0.05, 0) is 24.7 Å². The topological polar surface area (TPSA) is 46.5 Å². The van der Waals surface area contributed by atoms with Gasteiger partial charge in [0.1, 0.15) is 0 Å². The average Bonchev–Trinajstić information content (AvgIpc) is 1.99. The van der Waals surface area contributed by atoms with Crippen molar-refractivity contribution in [2.24, 2.45) is 17.3 Å². The third-order valence-electron chi connectivity index (χ3n) is 2.51. The van der Waals surface area contributed by atoms with E-state index in [1.54, 1.807) is 6.92 Å². The van der Waals surface area contributed by atoms with Gasteiger partial charge in [0.15, 0.2) is 0 Å². The van der Waals surface area contributed by atoms with E-state index in [0.717, 1.165) is 0 Å². The zero-order valence-electron chi connectivity index (χ0n) is 11.4. The number of esters is 1. The number of hydrogen-bond donors (Lipinski definition) is 1. The van der Waals surface area contributed by atoms with Crippen molar-refractivity contribution in [3.63, 3.8) is 0 Å². The van der Waals surface area contributed by atoms with Crippen LogP contribution in [-0.4, -0.2) is 23.8 Å². The van der Waals surface area contributed by atoms with Gasteiger partial charge in [-0.2, -0.15) is 0 Å². The van der Waals surface area contributed by atoms with E-state index in [0.29, 0.717) is 13.0 Å². The summed E-state index contributed by atoms with van der Waals surface area (Å²) in [5.41, 5.74) is 0.0129. The van der Waals surface area contributed by atoms with E-state index in [1.165, 1.54) is 0 Å². The predicted molar refractivity (Wildman–Crippen MR) is 65.0 cm³/mol. The average molecular weight is 230 g/mol. The van der Waals surface area contributed by atoms with Gasteiger partial charge in [0.2, 0.25) is 0 Å². The number of ether oxygens (including phenoxy) is 1. The van der Waals surface area contributed by atoms with Gasteiger partial charge in [0.25, 0.3) is 0 Å². The normalized spacial score (nSPS) is 16.0. The van der Waals surface area contributed by atoms with Gasteiger partial charge in [-0.25, -0.2) is 0 Å². The third kappa shape index (κ3) is 5.50. The van der Waals surface area contributed by atoms with Crippen molar-refractivity contribution in [1.82, 2.24) is 0 Å².